The summed E-state index contributed by atoms with van der Waals surface area (Å²) in [5.41, 5.74) is -2.24. The van der Waals surface area contributed by atoms with Crippen molar-refractivity contribution < 1.29 is 58.1 Å². The molecular weight excluding hydrogens is 783 g/mol. The van der Waals surface area contributed by atoms with Gasteiger partial charge in [0.25, 0.3) is 0 Å². The normalized spacial score (nSPS) is 42.0. The maximum absolute atomic E-state index is 14.6. The van der Waals surface area contributed by atoms with Crippen molar-refractivity contribution in [2.75, 3.05) is 0 Å². The van der Waals surface area contributed by atoms with E-state index in [1.165, 1.54) is 0 Å². The number of aliphatic hydroxyl groups is 2. The molecule has 1 amide bonds. The molecule has 0 aromatic carbocycles. The van der Waals surface area contributed by atoms with Crippen LogP contribution in [0.4, 0.5) is 4.79 Å². The summed E-state index contributed by atoms with van der Waals surface area (Å²) < 4.78 is 39.8. The number of Topliss-reactive ketones (excluding diaryl/α,β-unsaturated/α-hetero) is 1. The highest BCUT2D eigenvalue weighted by Gasteiger charge is 2.57. The number of hydrogen-bond acceptors (Lipinski definition) is 11. The van der Waals surface area contributed by atoms with Crippen molar-refractivity contribution in [2.24, 2.45) is 41.4 Å². The summed E-state index contributed by atoms with van der Waals surface area (Å²) in [6, 6.07) is -0.606. The Labute approximate surface area is 365 Å². The molecule has 0 bridgehead atoms. The minimum Gasteiger partial charge on any atom is -0.481 e. The molecule has 61 heavy (non-hydrogen) atoms. The summed E-state index contributed by atoms with van der Waals surface area (Å²) in [7, 11) is 0. The quantitative estimate of drug-likeness (QED) is 0.125. The minimum atomic E-state index is -1.23. The molecular formula is C48H81NO12. The van der Waals surface area contributed by atoms with E-state index in [0.717, 1.165) is 6.42 Å². The molecule has 5 aliphatic rings. The van der Waals surface area contributed by atoms with Crippen LogP contribution in [0.1, 0.15) is 154 Å². The number of hydrogen-bond donors (Lipinski definition) is 4. The number of alkyl carbamates (subject to hydrolysis) is 1. The van der Waals surface area contributed by atoms with Gasteiger partial charge < -0.3 is 49.1 Å². The largest absolute Gasteiger partial charge is 0.481 e. The van der Waals surface area contributed by atoms with E-state index in [4.69, 9.17) is 28.4 Å². The number of carbonyl (C=O) groups excluding carboxylic acids is 2. The molecule has 4 N–H and O–H groups in total. The molecule has 0 aliphatic carbocycles. The Morgan fingerprint density at radius 3 is 2.15 bits per heavy atom. The molecule has 5 heterocycles. The van der Waals surface area contributed by atoms with Gasteiger partial charge in [0.05, 0.1) is 65.9 Å². The summed E-state index contributed by atoms with van der Waals surface area (Å²) in [5, 5.41) is 35.9. The van der Waals surface area contributed by atoms with Gasteiger partial charge in [-0.2, -0.15) is 0 Å². The van der Waals surface area contributed by atoms with E-state index in [2.05, 4.69) is 33.0 Å². The first-order valence-corrected chi connectivity index (χ1v) is 23.6. The Morgan fingerprint density at radius 2 is 1.56 bits per heavy atom. The average Bonchev–Trinajstić information content (AvgIpc) is 3.60. The third-order valence-electron chi connectivity index (χ3n) is 15.4. The molecule has 0 aromatic heterocycles. The highest BCUT2D eigenvalue weighted by Crippen LogP contribution is 2.49. The van der Waals surface area contributed by atoms with E-state index >= 15 is 0 Å². The SMILES string of the molecule is CC[C@@H](C(=O)[C@@H](C)[C@@H](O)[C@H](C)[C@@H]1O[C@@H]([C@@H](CC)C(=O)O)CC[C@@H]1C)[C@H]1O[C@]2(C=C[C@@H](NC(=O)OC(C)(C)C)C(C3CC[C@@](C)([C@H]4CC[C@](O)(CC)[C@H](C)O4)O3)O2)[C@H](C)C[C@@H]1C. The minimum absolute atomic E-state index is 0.00738. The number of aliphatic carboxylic acids is 1. The predicted molar refractivity (Wildman–Crippen MR) is 231 cm³/mol. The maximum atomic E-state index is 14.6. The Kier molecular flexibility index (Phi) is 16.0. The van der Waals surface area contributed by atoms with Crippen LogP contribution in [0.2, 0.25) is 0 Å². The molecule has 0 saturated carbocycles. The van der Waals surface area contributed by atoms with E-state index in [1.54, 1.807) is 6.92 Å². The molecule has 19 atom stereocenters. The Balaban J connectivity index is 1.37. The molecule has 1 spiro atoms. The second kappa shape index (κ2) is 19.5. The summed E-state index contributed by atoms with van der Waals surface area (Å²) >= 11 is 0. The lowest BCUT2D eigenvalue weighted by Gasteiger charge is -2.52. The Morgan fingerprint density at radius 1 is 0.885 bits per heavy atom. The van der Waals surface area contributed by atoms with Gasteiger partial charge in [-0.15, -0.1) is 0 Å². The Bertz CT molecular complexity index is 1550. The highest BCUT2D eigenvalue weighted by molar-refractivity contribution is 5.84. The van der Waals surface area contributed by atoms with Crippen LogP contribution in [-0.4, -0.2) is 111 Å². The second-order valence-electron chi connectivity index (χ2n) is 20.9. The van der Waals surface area contributed by atoms with Gasteiger partial charge >= 0.3 is 12.1 Å². The lowest BCUT2D eigenvalue weighted by Crippen LogP contribution is -2.62. The van der Waals surface area contributed by atoms with Crippen molar-refractivity contribution in [3.05, 3.63) is 12.2 Å². The number of ether oxygens (including phenoxy) is 6. The number of nitrogens with one attached hydrogen (secondary N) is 1. The van der Waals surface area contributed by atoms with Crippen LogP contribution in [-0.2, 0) is 38.0 Å². The molecule has 4 saturated heterocycles. The second-order valence-corrected chi connectivity index (χ2v) is 20.9. The summed E-state index contributed by atoms with van der Waals surface area (Å²) in [4.78, 5) is 39.9. The first-order valence-electron chi connectivity index (χ1n) is 23.6. The van der Waals surface area contributed by atoms with Crippen molar-refractivity contribution in [1.29, 1.82) is 0 Å². The van der Waals surface area contributed by atoms with Crippen LogP contribution >= 0.6 is 0 Å². The van der Waals surface area contributed by atoms with Gasteiger partial charge in [0.2, 0.25) is 0 Å². The van der Waals surface area contributed by atoms with Crippen molar-refractivity contribution >= 4 is 17.8 Å². The van der Waals surface area contributed by atoms with Gasteiger partial charge in [0.15, 0.2) is 5.79 Å². The molecule has 350 valence electrons. The van der Waals surface area contributed by atoms with E-state index in [0.29, 0.717) is 57.8 Å². The van der Waals surface area contributed by atoms with Crippen molar-refractivity contribution in [3.63, 3.8) is 0 Å². The molecule has 4 fully saturated rings. The molecule has 13 heteroatoms. The fraction of sp³-hybridized carbons (Fsp3) is 0.896. The standard InChI is InChI=1S/C48H81NO12/c1-14-32(43(52)53)35-18-17-26(4)40(57-35)30(8)38(50)29(7)39(51)33(15-2)41-27(5)25-28(6)48(59-41)24-19-34(49-44(54)61-45(10,11)12)42(60-48)36-20-22-46(13,58-36)37-21-23-47(55,16-3)31(9)56-37/h19,24,26-38,40-42,50,55H,14-18,20-23,25H2,1-13H3,(H,49,54)(H,52,53)/t26-,27-,28+,29-,30-,31-,32+,33-,34+,35+,36?,37+,38+,40+,41-,42?,46-,47+,48-/m0/s1. The fourth-order valence-electron chi connectivity index (χ4n) is 11.3. The summed E-state index contributed by atoms with van der Waals surface area (Å²) in [6.07, 6.45) is 5.46. The van der Waals surface area contributed by atoms with Gasteiger partial charge in [-0.05, 0) is 117 Å². The zero-order valence-electron chi connectivity index (χ0n) is 39.5. The average molecular weight is 864 g/mol. The number of aliphatic hydroxyl groups excluding tert-OH is 1. The van der Waals surface area contributed by atoms with E-state index in [1.807, 2.05) is 67.5 Å². The molecule has 5 rings (SSSR count). The van der Waals surface area contributed by atoms with Crippen LogP contribution in [0.15, 0.2) is 12.2 Å². The van der Waals surface area contributed by atoms with Crippen molar-refractivity contribution in [2.45, 2.75) is 232 Å². The van der Waals surface area contributed by atoms with Gasteiger partial charge in [-0.25, -0.2) is 4.79 Å². The Hall–Kier alpha value is -2.13. The van der Waals surface area contributed by atoms with Gasteiger partial charge in [-0.3, -0.25) is 9.59 Å². The van der Waals surface area contributed by atoms with Crippen LogP contribution < -0.4 is 5.32 Å². The molecule has 2 unspecified atom stereocenters. The lowest BCUT2D eigenvalue weighted by atomic mass is 9.72. The van der Waals surface area contributed by atoms with E-state index in [9.17, 15) is 29.7 Å². The first kappa shape index (κ1) is 49.9. The van der Waals surface area contributed by atoms with Crippen LogP contribution in [0.5, 0.6) is 0 Å². The number of carboxylic acid groups (broad SMARTS) is 1. The smallest absolute Gasteiger partial charge is 0.408 e. The maximum Gasteiger partial charge on any atom is 0.408 e. The number of rotatable bonds is 14. The molecule has 0 aromatic rings. The third kappa shape index (κ3) is 10.7. The van der Waals surface area contributed by atoms with Gasteiger partial charge in [0.1, 0.15) is 17.5 Å². The first-order chi connectivity index (χ1) is 28.4. The lowest BCUT2D eigenvalue weighted by molar-refractivity contribution is -0.327. The van der Waals surface area contributed by atoms with Crippen molar-refractivity contribution in [1.82, 2.24) is 5.32 Å². The monoisotopic (exact) mass is 864 g/mol. The summed E-state index contributed by atoms with van der Waals surface area (Å²) in [5.74, 6) is -4.53. The molecule has 0 radical (unpaired) electrons. The van der Waals surface area contributed by atoms with Crippen LogP contribution in [0, 0.1) is 41.4 Å². The van der Waals surface area contributed by atoms with Crippen molar-refractivity contribution in [3.8, 4) is 0 Å². The summed E-state index contributed by atoms with van der Waals surface area (Å²) in [6.45, 7) is 25.2. The topological polar surface area (TPSA) is 179 Å². The zero-order chi connectivity index (χ0) is 45.4. The van der Waals surface area contributed by atoms with Crippen LogP contribution in [0.25, 0.3) is 0 Å². The zero-order valence-corrected chi connectivity index (χ0v) is 39.5. The van der Waals surface area contributed by atoms with E-state index in [-0.39, 0.29) is 35.7 Å². The van der Waals surface area contributed by atoms with E-state index < -0.39 is 101 Å². The highest BCUT2D eigenvalue weighted by atomic mass is 16.7. The van der Waals surface area contributed by atoms with Gasteiger partial charge in [-0.1, -0.05) is 61.5 Å². The number of amides is 1. The number of ketones is 1. The molecule has 13 nitrogen and oxygen atoms in total. The molecule has 5 aliphatic heterocycles. The number of carboxylic acids is 1. The van der Waals surface area contributed by atoms with Gasteiger partial charge in [0, 0.05) is 23.7 Å². The fourth-order valence-corrected chi connectivity index (χ4v) is 11.3. The number of carbonyl (C=O) groups is 3. The third-order valence-corrected chi connectivity index (χ3v) is 15.4. The predicted octanol–water partition coefficient (Wildman–Crippen LogP) is 7.76. The van der Waals surface area contributed by atoms with Crippen LogP contribution in [0.3, 0.4) is 0 Å².